The summed E-state index contributed by atoms with van der Waals surface area (Å²) < 4.78 is 0. The number of thiol groups is 1. The number of anilines is 1. The molecule has 4 heteroatoms. The maximum absolute atomic E-state index is 4.42. The van der Waals surface area contributed by atoms with Crippen LogP contribution in [0.25, 0.3) is 0 Å². The van der Waals surface area contributed by atoms with Crippen molar-refractivity contribution < 1.29 is 0 Å². The van der Waals surface area contributed by atoms with Crippen molar-refractivity contribution in [2.75, 3.05) is 16.4 Å². The van der Waals surface area contributed by atoms with E-state index in [9.17, 15) is 0 Å². The van der Waals surface area contributed by atoms with Crippen LogP contribution in [0.5, 0.6) is 0 Å². The lowest BCUT2D eigenvalue weighted by Gasteiger charge is -2.23. The summed E-state index contributed by atoms with van der Waals surface area (Å²) in [6, 6.07) is 8.69. The largest absolute Gasteiger partial charge is 0.345 e. The predicted octanol–water partition coefficient (Wildman–Crippen LogP) is 2.93. The van der Waals surface area contributed by atoms with Crippen LogP contribution in [-0.2, 0) is 0 Å². The molecule has 1 nitrogen and oxygen atoms in total. The van der Waals surface area contributed by atoms with Gasteiger partial charge >= 0.3 is 0 Å². The molecular formula is C10H11NS3. The lowest BCUT2D eigenvalue weighted by molar-refractivity contribution is 0.847. The molecule has 1 saturated heterocycles. The molecule has 0 N–H and O–H groups in total. The summed E-state index contributed by atoms with van der Waals surface area (Å²) in [5.74, 6) is 2.17. The average molecular weight is 241 g/mol. The van der Waals surface area contributed by atoms with Gasteiger partial charge in [0.05, 0.1) is 16.4 Å². The SMILES string of the molecule is SC[C@H]1SC[C@@H]2Sc3ccccc3N21. The Kier molecular flexibility index (Phi) is 2.38. The second-order valence-corrected chi connectivity index (χ2v) is 6.21. The quantitative estimate of drug-likeness (QED) is 0.754. The van der Waals surface area contributed by atoms with E-state index in [4.69, 9.17) is 0 Å². The Labute approximate surface area is 98.0 Å². The third-order valence-corrected chi connectivity index (χ3v) is 5.97. The monoisotopic (exact) mass is 241 g/mol. The van der Waals surface area contributed by atoms with Gasteiger partial charge in [-0.3, -0.25) is 0 Å². The molecule has 2 aliphatic heterocycles. The molecule has 0 bridgehead atoms. The molecule has 0 spiro atoms. The number of thioether (sulfide) groups is 2. The summed E-state index contributed by atoms with van der Waals surface area (Å²) in [6.07, 6.45) is 0. The predicted molar refractivity (Wildman–Crippen MR) is 68.7 cm³/mol. The zero-order valence-electron chi connectivity index (χ0n) is 7.59. The Bertz CT molecular complexity index is 353. The fourth-order valence-corrected chi connectivity index (χ4v) is 5.27. The van der Waals surface area contributed by atoms with Crippen molar-refractivity contribution in [2.45, 2.75) is 15.6 Å². The second-order valence-electron chi connectivity index (χ2n) is 3.42. The normalized spacial score (nSPS) is 29.1. The van der Waals surface area contributed by atoms with E-state index >= 15 is 0 Å². The minimum atomic E-state index is 0.569. The van der Waals surface area contributed by atoms with Crippen molar-refractivity contribution in [1.29, 1.82) is 0 Å². The van der Waals surface area contributed by atoms with Gasteiger partial charge in [-0.05, 0) is 12.1 Å². The lowest BCUT2D eigenvalue weighted by atomic mass is 10.3. The summed E-state index contributed by atoms with van der Waals surface area (Å²) in [5.41, 5.74) is 1.41. The molecule has 0 aliphatic carbocycles. The number of benzene rings is 1. The van der Waals surface area contributed by atoms with E-state index in [1.807, 2.05) is 23.5 Å². The van der Waals surface area contributed by atoms with E-state index in [-0.39, 0.29) is 0 Å². The Morgan fingerprint density at radius 3 is 3.14 bits per heavy atom. The molecular weight excluding hydrogens is 230 g/mol. The molecule has 2 aliphatic rings. The number of para-hydroxylation sites is 1. The maximum Gasteiger partial charge on any atom is 0.0900 e. The highest BCUT2D eigenvalue weighted by Crippen LogP contribution is 2.50. The molecule has 1 fully saturated rings. The second kappa shape index (κ2) is 3.58. The van der Waals surface area contributed by atoms with Crippen LogP contribution < -0.4 is 4.90 Å². The molecule has 1 aromatic rings. The van der Waals surface area contributed by atoms with Gasteiger partial charge in [-0.25, -0.2) is 0 Å². The fourth-order valence-electron chi connectivity index (χ4n) is 2.00. The van der Waals surface area contributed by atoms with Gasteiger partial charge in [0, 0.05) is 16.4 Å². The summed E-state index contributed by atoms with van der Waals surface area (Å²) >= 11 is 8.44. The van der Waals surface area contributed by atoms with Crippen LogP contribution >= 0.6 is 36.2 Å². The van der Waals surface area contributed by atoms with Gasteiger partial charge in [-0.1, -0.05) is 23.9 Å². The molecule has 2 atom stereocenters. The van der Waals surface area contributed by atoms with Crippen LogP contribution in [0.3, 0.4) is 0 Å². The molecule has 14 heavy (non-hydrogen) atoms. The first-order valence-electron chi connectivity index (χ1n) is 4.66. The Hall–Kier alpha value is 0.0700. The molecule has 0 amide bonds. The van der Waals surface area contributed by atoms with Crippen LogP contribution in [0, 0.1) is 0 Å². The number of nitrogens with zero attached hydrogens (tertiary/aromatic N) is 1. The molecule has 0 unspecified atom stereocenters. The summed E-state index contributed by atoms with van der Waals surface area (Å²) in [5, 5.41) is 1.22. The molecule has 1 aromatic carbocycles. The van der Waals surface area contributed by atoms with Crippen molar-refractivity contribution in [3.8, 4) is 0 Å². The van der Waals surface area contributed by atoms with Crippen molar-refractivity contribution in [2.24, 2.45) is 0 Å². The van der Waals surface area contributed by atoms with Crippen LogP contribution in [0.1, 0.15) is 0 Å². The van der Waals surface area contributed by atoms with Crippen molar-refractivity contribution in [3.05, 3.63) is 24.3 Å². The van der Waals surface area contributed by atoms with Crippen LogP contribution in [0.15, 0.2) is 29.2 Å². The molecule has 74 valence electrons. The maximum atomic E-state index is 4.42. The third kappa shape index (κ3) is 1.27. The zero-order chi connectivity index (χ0) is 9.54. The van der Waals surface area contributed by atoms with E-state index in [2.05, 4.69) is 41.8 Å². The van der Waals surface area contributed by atoms with E-state index in [0.29, 0.717) is 10.7 Å². The van der Waals surface area contributed by atoms with Gasteiger partial charge in [0.25, 0.3) is 0 Å². The average Bonchev–Trinajstić information content (AvgIpc) is 2.75. The first kappa shape index (κ1) is 9.31. The lowest BCUT2D eigenvalue weighted by Crippen LogP contribution is -2.32. The smallest absolute Gasteiger partial charge is 0.0900 e. The van der Waals surface area contributed by atoms with Gasteiger partial charge in [-0.2, -0.15) is 12.6 Å². The zero-order valence-corrected chi connectivity index (χ0v) is 10.1. The first-order valence-corrected chi connectivity index (χ1v) is 7.23. The highest BCUT2D eigenvalue weighted by molar-refractivity contribution is 8.05. The van der Waals surface area contributed by atoms with Crippen molar-refractivity contribution in [3.63, 3.8) is 0 Å². The van der Waals surface area contributed by atoms with Gasteiger partial charge in [0.1, 0.15) is 0 Å². The van der Waals surface area contributed by atoms with E-state index in [1.54, 1.807) is 0 Å². The number of hydrogen-bond donors (Lipinski definition) is 1. The van der Waals surface area contributed by atoms with Gasteiger partial charge in [-0.15, -0.1) is 11.8 Å². The Morgan fingerprint density at radius 2 is 2.29 bits per heavy atom. The molecule has 0 saturated carbocycles. The van der Waals surface area contributed by atoms with Crippen molar-refractivity contribution in [1.82, 2.24) is 0 Å². The highest BCUT2D eigenvalue weighted by atomic mass is 32.2. The summed E-state index contributed by atoms with van der Waals surface area (Å²) in [6.45, 7) is 0. The molecule has 3 rings (SSSR count). The van der Waals surface area contributed by atoms with Crippen LogP contribution in [0.4, 0.5) is 5.69 Å². The summed E-state index contributed by atoms with van der Waals surface area (Å²) in [7, 11) is 0. The number of hydrogen-bond acceptors (Lipinski definition) is 4. The standard InChI is InChI=1S/C10H11NS3/c12-5-9-11-7-3-1-2-4-8(7)14-10(11)6-13-9/h1-4,9-10,12H,5-6H2/t9-,10+/m1/s1. The topological polar surface area (TPSA) is 3.24 Å². The highest BCUT2D eigenvalue weighted by Gasteiger charge is 2.39. The van der Waals surface area contributed by atoms with Gasteiger partial charge < -0.3 is 4.90 Å². The van der Waals surface area contributed by atoms with Crippen molar-refractivity contribution >= 4 is 41.8 Å². The van der Waals surface area contributed by atoms with E-state index in [1.165, 1.54) is 16.3 Å². The summed E-state index contributed by atoms with van der Waals surface area (Å²) in [4.78, 5) is 3.96. The third-order valence-electron chi connectivity index (χ3n) is 2.61. The molecule has 0 aromatic heterocycles. The first-order chi connectivity index (χ1) is 6.90. The number of rotatable bonds is 1. The molecule has 0 radical (unpaired) electrons. The molecule has 2 heterocycles. The van der Waals surface area contributed by atoms with Gasteiger partial charge in [0.2, 0.25) is 0 Å². The minimum Gasteiger partial charge on any atom is -0.345 e. The van der Waals surface area contributed by atoms with Crippen LogP contribution in [0.2, 0.25) is 0 Å². The van der Waals surface area contributed by atoms with Crippen LogP contribution in [-0.4, -0.2) is 22.3 Å². The van der Waals surface area contributed by atoms with Gasteiger partial charge in [0.15, 0.2) is 0 Å². The Morgan fingerprint density at radius 1 is 1.43 bits per heavy atom. The fraction of sp³-hybridized carbons (Fsp3) is 0.400. The number of fused-ring (bicyclic) bond motifs is 3. The van der Waals surface area contributed by atoms with E-state index in [0.717, 1.165) is 5.75 Å². The Balaban J connectivity index is 2.02. The minimum absolute atomic E-state index is 0.569. The van der Waals surface area contributed by atoms with E-state index < -0.39 is 0 Å².